The van der Waals surface area contributed by atoms with Gasteiger partial charge in [0.2, 0.25) is 0 Å². The van der Waals surface area contributed by atoms with E-state index >= 15 is 0 Å². The number of hydrogen-bond donors (Lipinski definition) is 1. The highest BCUT2D eigenvalue weighted by Crippen LogP contribution is 2.35. The molecule has 0 heterocycles. The molecule has 0 unspecified atom stereocenters. The summed E-state index contributed by atoms with van der Waals surface area (Å²) >= 11 is 0. The second-order valence-electron chi connectivity index (χ2n) is 3.07. The van der Waals surface area contributed by atoms with Crippen molar-refractivity contribution in [3.05, 3.63) is 33.7 Å². The predicted octanol–water partition coefficient (Wildman–Crippen LogP) is 2.87. The first kappa shape index (κ1) is 11.6. The van der Waals surface area contributed by atoms with Crippen molar-refractivity contribution < 1.29 is 13.2 Å². The SMILES string of the molecule is Cc1c(CN)cc(N=O)cc1C(F)(F)F. The summed E-state index contributed by atoms with van der Waals surface area (Å²) in [5.41, 5.74) is 4.47. The van der Waals surface area contributed by atoms with Crippen molar-refractivity contribution in [1.29, 1.82) is 0 Å². The molecule has 0 radical (unpaired) electrons. The summed E-state index contributed by atoms with van der Waals surface area (Å²) in [6.07, 6.45) is -4.49. The highest BCUT2D eigenvalue weighted by atomic mass is 19.4. The third kappa shape index (κ3) is 2.33. The fraction of sp³-hybridized carbons (Fsp3) is 0.333. The molecule has 0 aliphatic carbocycles. The van der Waals surface area contributed by atoms with E-state index in [0.717, 1.165) is 6.07 Å². The number of hydrogen-bond acceptors (Lipinski definition) is 3. The van der Waals surface area contributed by atoms with Gasteiger partial charge in [-0.05, 0) is 35.4 Å². The van der Waals surface area contributed by atoms with Gasteiger partial charge in [-0.15, -0.1) is 4.91 Å². The van der Waals surface area contributed by atoms with Crippen LogP contribution in [0.25, 0.3) is 0 Å². The average Bonchev–Trinajstić information content (AvgIpc) is 2.16. The Morgan fingerprint density at radius 2 is 2.00 bits per heavy atom. The van der Waals surface area contributed by atoms with E-state index in [4.69, 9.17) is 5.73 Å². The Balaban J connectivity index is 3.44. The van der Waals surface area contributed by atoms with Crippen molar-refractivity contribution in [2.75, 3.05) is 0 Å². The van der Waals surface area contributed by atoms with E-state index in [1.165, 1.54) is 13.0 Å². The zero-order valence-electron chi connectivity index (χ0n) is 7.93. The Morgan fingerprint density at radius 3 is 2.40 bits per heavy atom. The Bertz CT molecular complexity index is 388. The van der Waals surface area contributed by atoms with Gasteiger partial charge in [0.15, 0.2) is 0 Å². The Morgan fingerprint density at radius 1 is 1.40 bits per heavy atom. The van der Waals surface area contributed by atoms with E-state index in [0.29, 0.717) is 0 Å². The van der Waals surface area contributed by atoms with Gasteiger partial charge in [-0.3, -0.25) is 0 Å². The van der Waals surface area contributed by atoms with Crippen LogP contribution in [0, 0.1) is 11.8 Å². The van der Waals surface area contributed by atoms with E-state index in [-0.39, 0.29) is 23.4 Å². The maximum Gasteiger partial charge on any atom is 0.416 e. The molecule has 0 atom stereocenters. The molecule has 2 N–H and O–H groups in total. The maximum absolute atomic E-state index is 12.5. The van der Waals surface area contributed by atoms with Gasteiger partial charge in [-0.2, -0.15) is 13.2 Å². The number of nitroso groups, excluding NO2 is 1. The molecule has 15 heavy (non-hydrogen) atoms. The second kappa shape index (κ2) is 3.98. The van der Waals surface area contributed by atoms with Crippen LogP contribution in [0.15, 0.2) is 17.3 Å². The summed E-state index contributed by atoms with van der Waals surface area (Å²) in [5.74, 6) is 0. The number of alkyl halides is 3. The number of halogens is 3. The lowest BCUT2D eigenvalue weighted by Gasteiger charge is -2.13. The van der Waals surface area contributed by atoms with Crippen molar-refractivity contribution in [2.45, 2.75) is 19.6 Å². The minimum Gasteiger partial charge on any atom is -0.326 e. The topological polar surface area (TPSA) is 55.4 Å². The summed E-state index contributed by atoms with van der Waals surface area (Å²) in [7, 11) is 0. The molecule has 82 valence electrons. The van der Waals surface area contributed by atoms with Crippen LogP contribution in [0.1, 0.15) is 16.7 Å². The van der Waals surface area contributed by atoms with Gasteiger partial charge in [0.25, 0.3) is 0 Å². The lowest BCUT2D eigenvalue weighted by atomic mass is 10.0. The number of benzene rings is 1. The van der Waals surface area contributed by atoms with E-state index in [1.54, 1.807) is 0 Å². The van der Waals surface area contributed by atoms with Gasteiger partial charge >= 0.3 is 6.18 Å². The zero-order chi connectivity index (χ0) is 11.6. The van der Waals surface area contributed by atoms with Gasteiger partial charge in [-0.25, -0.2) is 0 Å². The molecule has 0 aliphatic heterocycles. The number of rotatable bonds is 2. The predicted molar refractivity (Wildman–Crippen MR) is 49.5 cm³/mol. The molecule has 0 amide bonds. The molecule has 0 aromatic heterocycles. The molecule has 0 fully saturated rings. The maximum atomic E-state index is 12.5. The smallest absolute Gasteiger partial charge is 0.326 e. The summed E-state index contributed by atoms with van der Waals surface area (Å²) in [4.78, 5) is 10.2. The van der Waals surface area contributed by atoms with Gasteiger partial charge in [0.1, 0.15) is 5.69 Å². The summed E-state index contributed by atoms with van der Waals surface area (Å²) in [6.45, 7) is 1.26. The Kier molecular flexibility index (Phi) is 3.09. The summed E-state index contributed by atoms with van der Waals surface area (Å²) in [6, 6.07) is 1.99. The van der Waals surface area contributed by atoms with Crippen molar-refractivity contribution in [1.82, 2.24) is 0 Å². The molecular formula is C9H9F3N2O. The zero-order valence-corrected chi connectivity index (χ0v) is 7.93. The highest BCUT2D eigenvalue weighted by molar-refractivity contribution is 5.49. The van der Waals surface area contributed by atoms with Crippen LogP contribution in [-0.2, 0) is 12.7 Å². The molecular weight excluding hydrogens is 209 g/mol. The minimum absolute atomic E-state index is 0.0393. The molecule has 0 bridgehead atoms. The Hall–Kier alpha value is -1.43. The summed E-state index contributed by atoms with van der Waals surface area (Å²) in [5, 5.41) is 2.49. The quantitative estimate of drug-likeness (QED) is 0.776. The van der Waals surface area contributed by atoms with Crippen LogP contribution in [-0.4, -0.2) is 0 Å². The fourth-order valence-electron chi connectivity index (χ4n) is 1.32. The molecule has 0 saturated heterocycles. The normalized spacial score (nSPS) is 11.5. The van der Waals surface area contributed by atoms with Crippen molar-refractivity contribution >= 4 is 5.69 Å². The highest BCUT2D eigenvalue weighted by Gasteiger charge is 2.33. The molecule has 1 aromatic rings. The lowest BCUT2D eigenvalue weighted by molar-refractivity contribution is -0.138. The largest absolute Gasteiger partial charge is 0.416 e. The number of nitrogens with two attached hydrogens (primary N) is 1. The third-order valence-electron chi connectivity index (χ3n) is 2.13. The molecule has 1 aromatic carbocycles. The molecule has 1 rings (SSSR count). The van der Waals surface area contributed by atoms with E-state index in [2.05, 4.69) is 5.18 Å². The van der Waals surface area contributed by atoms with Crippen LogP contribution in [0.2, 0.25) is 0 Å². The molecule has 0 aliphatic rings. The first-order valence-corrected chi connectivity index (χ1v) is 4.14. The monoisotopic (exact) mass is 218 g/mol. The van der Waals surface area contributed by atoms with Crippen LogP contribution in [0.3, 0.4) is 0 Å². The van der Waals surface area contributed by atoms with Crippen LogP contribution >= 0.6 is 0 Å². The molecule has 6 heteroatoms. The fourth-order valence-corrected chi connectivity index (χ4v) is 1.32. The van der Waals surface area contributed by atoms with E-state index < -0.39 is 11.7 Å². The van der Waals surface area contributed by atoms with Gasteiger partial charge < -0.3 is 5.73 Å². The van der Waals surface area contributed by atoms with Crippen molar-refractivity contribution in [3.8, 4) is 0 Å². The average molecular weight is 218 g/mol. The van der Waals surface area contributed by atoms with Crippen LogP contribution in [0.5, 0.6) is 0 Å². The number of nitrogens with zero attached hydrogens (tertiary/aromatic N) is 1. The van der Waals surface area contributed by atoms with E-state index in [1.807, 2.05) is 0 Å². The van der Waals surface area contributed by atoms with E-state index in [9.17, 15) is 18.1 Å². The lowest BCUT2D eigenvalue weighted by Crippen LogP contribution is -2.10. The van der Waals surface area contributed by atoms with Gasteiger partial charge in [0, 0.05) is 6.54 Å². The van der Waals surface area contributed by atoms with Crippen LogP contribution < -0.4 is 5.73 Å². The van der Waals surface area contributed by atoms with Crippen LogP contribution in [0.4, 0.5) is 18.9 Å². The van der Waals surface area contributed by atoms with Crippen molar-refractivity contribution in [2.24, 2.45) is 10.9 Å². The standard InChI is InChI=1S/C9H9F3N2O/c1-5-6(4-13)2-7(14-15)3-8(5)9(10,11)12/h2-3H,4,13H2,1H3. The third-order valence-corrected chi connectivity index (χ3v) is 2.13. The van der Waals surface area contributed by atoms with Crippen molar-refractivity contribution in [3.63, 3.8) is 0 Å². The van der Waals surface area contributed by atoms with Gasteiger partial charge in [-0.1, -0.05) is 0 Å². The second-order valence-corrected chi connectivity index (χ2v) is 3.07. The first-order chi connectivity index (χ1) is 6.90. The van der Waals surface area contributed by atoms with Gasteiger partial charge in [0.05, 0.1) is 5.56 Å². The molecule has 0 spiro atoms. The molecule has 0 saturated carbocycles. The summed E-state index contributed by atoms with van der Waals surface area (Å²) < 4.78 is 37.5. The Labute approximate surface area is 84.1 Å². The molecule has 3 nitrogen and oxygen atoms in total. The first-order valence-electron chi connectivity index (χ1n) is 4.14. The minimum atomic E-state index is -4.49.